The van der Waals surface area contributed by atoms with E-state index < -0.39 is 48.3 Å². The lowest BCUT2D eigenvalue weighted by molar-refractivity contribution is 0.669. The molecule has 10 aromatic rings. The lowest BCUT2D eigenvalue weighted by atomic mass is 10.0. The molecule has 7 aromatic carbocycles. The molecule has 3 aromatic heterocycles. The van der Waals surface area contributed by atoms with Gasteiger partial charge in [-0.3, -0.25) is 0 Å². The van der Waals surface area contributed by atoms with Crippen LogP contribution >= 0.6 is 0 Å². The number of benzene rings is 7. The van der Waals surface area contributed by atoms with Gasteiger partial charge < -0.3 is 8.98 Å². The van der Waals surface area contributed by atoms with Crippen molar-refractivity contribution in [2.75, 3.05) is 0 Å². The molecule has 0 saturated carbocycles. The predicted molar refractivity (Wildman–Crippen MR) is 203 cm³/mol. The van der Waals surface area contributed by atoms with Gasteiger partial charge in [0.2, 0.25) is 0 Å². The maximum absolute atomic E-state index is 9.66. The summed E-state index contributed by atoms with van der Waals surface area (Å²) >= 11 is 0. The van der Waals surface area contributed by atoms with Crippen LogP contribution in [0.15, 0.2) is 174 Å². The van der Waals surface area contributed by atoms with Gasteiger partial charge >= 0.3 is 0 Å². The summed E-state index contributed by atoms with van der Waals surface area (Å²) in [6.07, 6.45) is 0. The Bertz CT molecular complexity index is 3430. The highest BCUT2D eigenvalue weighted by atomic mass is 16.3. The Morgan fingerprint density at radius 2 is 1.02 bits per heavy atom. The van der Waals surface area contributed by atoms with E-state index in [4.69, 9.17) is 29.0 Å². The second-order valence-electron chi connectivity index (χ2n) is 11.7. The lowest BCUT2D eigenvalue weighted by Crippen LogP contribution is -2.03. The molecule has 0 saturated heterocycles. The summed E-state index contributed by atoms with van der Waals surface area (Å²) in [5, 5.41) is -0.218. The quantitative estimate of drug-likeness (QED) is 0.186. The molecule has 0 aliphatic rings. The highest BCUT2D eigenvalue weighted by Gasteiger charge is 2.20. The van der Waals surface area contributed by atoms with Crippen LogP contribution in [0.3, 0.4) is 0 Å². The Morgan fingerprint density at radius 1 is 0.440 bits per heavy atom. The number of nitrogens with zero attached hydrogens (tertiary/aromatic N) is 4. The standard InChI is InChI=1S/C45H28N4O/c1-3-13-29(14-4-1)30-23-25-32(26-24-30)44-46-43(31-15-5-2-6-16-31)47-45(48-44)35-19-8-11-21-39(35)49-38-20-10-7-17-33(38)36-27-37-34-18-9-12-22-41(34)50-42(37)28-40(36)49/h1-28H/i7D,9D,10D,12D,17D,18D,20D,22D,27D,28D. The zero-order valence-electron chi connectivity index (χ0n) is 36.1. The highest BCUT2D eigenvalue weighted by molar-refractivity contribution is 6.17. The van der Waals surface area contributed by atoms with Gasteiger partial charge in [-0.25, -0.2) is 15.0 Å². The van der Waals surface area contributed by atoms with Crippen LogP contribution in [-0.4, -0.2) is 19.5 Å². The van der Waals surface area contributed by atoms with Gasteiger partial charge in [-0.05, 0) is 41.4 Å². The zero-order chi connectivity index (χ0) is 41.7. The molecule has 0 atom stereocenters. The number of hydrogen-bond acceptors (Lipinski definition) is 4. The molecule has 0 N–H and O–H groups in total. The summed E-state index contributed by atoms with van der Waals surface area (Å²) in [5.41, 5.74) is 3.81. The monoisotopic (exact) mass is 650 g/mol. The van der Waals surface area contributed by atoms with Crippen molar-refractivity contribution in [2.45, 2.75) is 0 Å². The van der Waals surface area contributed by atoms with Crippen LogP contribution < -0.4 is 0 Å². The average Bonchev–Trinajstić information content (AvgIpc) is 3.88. The molecular weight excluding hydrogens is 613 g/mol. The van der Waals surface area contributed by atoms with Crippen molar-refractivity contribution >= 4 is 43.7 Å². The van der Waals surface area contributed by atoms with Gasteiger partial charge in [0.15, 0.2) is 17.5 Å². The Kier molecular flexibility index (Phi) is 4.52. The molecule has 50 heavy (non-hydrogen) atoms. The molecule has 0 aliphatic carbocycles. The second-order valence-corrected chi connectivity index (χ2v) is 11.7. The van der Waals surface area contributed by atoms with E-state index >= 15 is 0 Å². The van der Waals surface area contributed by atoms with Crippen molar-refractivity contribution in [1.82, 2.24) is 19.5 Å². The second kappa shape index (κ2) is 11.4. The smallest absolute Gasteiger partial charge is 0.166 e. The van der Waals surface area contributed by atoms with Gasteiger partial charge in [0.05, 0.1) is 30.4 Å². The molecule has 0 amide bonds. The maximum atomic E-state index is 9.66. The largest absolute Gasteiger partial charge is 0.456 e. The van der Waals surface area contributed by atoms with E-state index in [1.54, 1.807) is 24.3 Å². The van der Waals surface area contributed by atoms with Gasteiger partial charge in [-0.15, -0.1) is 0 Å². The molecule has 234 valence electrons. The van der Waals surface area contributed by atoms with Crippen molar-refractivity contribution in [2.24, 2.45) is 0 Å². The molecule has 0 unspecified atom stereocenters. The molecule has 0 radical (unpaired) electrons. The van der Waals surface area contributed by atoms with Crippen molar-refractivity contribution in [3.63, 3.8) is 0 Å². The van der Waals surface area contributed by atoms with Gasteiger partial charge in [-0.2, -0.15) is 0 Å². The van der Waals surface area contributed by atoms with Crippen LogP contribution in [-0.2, 0) is 0 Å². The first-order valence-corrected chi connectivity index (χ1v) is 15.9. The van der Waals surface area contributed by atoms with Crippen LogP contribution in [0.1, 0.15) is 13.7 Å². The number of rotatable bonds is 5. The van der Waals surface area contributed by atoms with Gasteiger partial charge in [0, 0.05) is 44.3 Å². The van der Waals surface area contributed by atoms with E-state index in [-0.39, 0.29) is 61.7 Å². The van der Waals surface area contributed by atoms with E-state index in [1.165, 1.54) is 4.57 Å². The van der Waals surface area contributed by atoms with E-state index in [9.17, 15) is 4.11 Å². The Hall–Kier alpha value is -6.85. The van der Waals surface area contributed by atoms with Crippen LogP contribution in [0.5, 0.6) is 0 Å². The maximum Gasteiger partial charge on any atom is 0.166 e. The summed E-state index contributed by atoms with van der Waals surface area (Å²) in [4.78, 5) is 14.8. The van der Waals surface area contributed by atoms with Crippen LogP contribution in [0.25, 0.3) is 94.7 Å². The van der Waals surface area contributed by atoms with Gasteiger partial charge in [0.1, 0.15) is 11.2 Å². The normalized spacial score (nSPS) is 14.4. The molecule has 5 nitrogen and oxygen atoms in total. The third-order valence-electron chi connectivity index (χ3n) is 8.72. The molecule has 5 heteroatoms. The molecular formula is C45H28N4O. The average molecular weight is 651 g/mol. The summed E-state index contributed by atoms with van der Waals surface area (Å²) < 4.78 is 96.5. The number of furan rings is 1. The fourth-order valence-electron chi connectivity index (χ4n) is 6.38. The molecule has 0 aliphatic heterocycles. The van der Waals surface area contributed by atoms with Crippen molar-refractivity contribution in [3.05, 3.63) is 170 Å². The number of fused-ring (bicyclic) bond motifs is 6. The van der Waals surface area contributed by atoms with E-state index in [0.29, 0.717) is 28.5 Å². The molecule has 0 bridgehead atoms. The minimum Gasteiger partial charge on any atom is -0.456 e. The van der Waals surface area contributed by atoms with Crippen LogP contribution in [0, 0.1) is 0 Å². The minimum absolute atomic E-state index is 0.00493. The molecule has 10 rings (SSSR count). The number of hydrogen-bond donors (Lipinski definition) is 0. The number of aromatic nitrogens is 4. The first kappa shape index (κ1) is 19.8. The van der Waals surface area contributed by atoms with Crippen LogP contribution in [0.4, 0.5) is 0 Å². The lowest BCUT2D eigenvalue weighted by Gasteiger charge is -2.14. The molecule has 3 heterocycles. The van der Waals surface area contributed by atoms with E-state index in [1.807, 2.05) is 84.9 Å². The Balaban J connectivity index is 1.30. The SMILES string of the molecule is [2H]c1c([2H])c([2H])c2c(oc3c([2H])c4c(c([2H])c32)c2c([2H])c([2H])c([2H])c([2H])c2n4-c2ccccc2-c2nc(-c3ccccc3)nc(-c3ccc(-c4ccccc4)cc3)n2)c1[2H]. The van der Waals surface area contributed by atoms with Gasteiger partial charge in [0.25, 0.3) is 0 Å². The predicted octanol–water partition coefficient (Wildman–Crippen LogP) is 11.5. The van der Waals surface area contributed by atoms with Crippen molar-refractivity contribution in [3.8, 4) is 51.0 Å². The topological polar surface area (TPSA) is 56.7 Å². The summed E-state index contributed by atoms with van der Waals surface area (Å²) in [6, 6.07) is 29.6. The summed E-state index contributed by atoms with van der Waals surface area (Å²) in [5.74, 6) is 0.972. The zero-order valence-corrected chi connectivity index (χ0v) is 26.1. The Morgan fingerprint density at radius 3 is 1.80 bits per heavy atom. The first-order chi connectivity index (χ1) is 29.0. The van der Waals surface area contributed by atoms with Crippen LogP contribution in [0.2, 0.25) is 0 Å². The van der Waals surface area contributed by atoms with Crippen molar-refractivity contribution in [1.29, 1.82) is 0 Å². The summed E-state index contributed by atoms with van der Waals surface area (Å²) in [7, 11) is 0. The Labute approximate surface area is 301 Å². The number of para-hydroxylation sites is 3. The fourth-order valence-corrected chi connectivity index (χ4v) is 6.38. The van der Waals surface area contributed by atoms with E-state index in [0.717, 1.165) is 16.7 Å². The van der Waals surface area contributed by atoms with Crippen molar-refractivity contribution < 1.29 is 18.1 Å². The summed E-state index contributed by atoms with van der Waals surface area (Å²) in [6.45, 7) is 0. The molecule has 0 fully saturated rings. The minimum atomic E-state index is -0.544. The highest BCUT2D eigenvalue weighted by Crippen LogP contribution is 2.40. The fraction of sp³-hybridized carbons (Fsp3) is 0. The third kappa shape index (κ3) is 4.60. The van der Waals surface area contributed by atoms with E-state index in [2.05, 4.69) is 0 Å². The molecule has 0 spiro atoms. The third-order valence-corrected chi connectivity index (χ3v) is 8.72. The first-order valence-electron chi connectivity index (χ1n) is 20.9. The van der Waals surface area contributed by atoms with Gasteiger partial charge in [-0.1, -0.05) is 133 Å².